The summed E-state index contributed by atoms with van der Waals surface area (Å²) in [6.45, 7) is 0.194. The lowest BCUT2D eigenvalue weighted by atomic mass is 10.1. The molecule has 3 aromatic carbocycles. The maximum absolute atomic E-state index is 12.8. The Morgan fingerprint density at radius 3 is 2.21 bits per heavy atom. The van der Waals surface area contributed by atoms with Crippen LogP contribution in [0.25, 0.3) is 0 Å². The van der Waals surface area contributed by atoms with Crippen LogP contribution in [0.5, 0.6) is 0 Å². The zero-order chi connectivity index (χ0) is 22.9. The highest BCUT2D eigenvalue weighted by atomic mass is 32.2. The smallest absolute Gasteiger partial charge is 0.408 e. The average Bonchev–Trinajstić information content (AvgIpc) is 3.35. The highest BCUT2D eigenvalue weighted by molar-refractivity contribution is 8.15. The Kier molecular flexibility index (Phi) is 8.22. The van der Waals surface area contributed by atoms with Gasteiger partial charge in [-0.2, -0.15) is 0 Å². The standard InChI is InChI=1S/C26H24N2O3S2/c29-25(33-21-14-8-3-9-15-21)23-18-32-24(27-23)22(16-19-10-4-1-5-11-19)28-26(30)31-17-20-12-6-2-7-13-20/h1-15,22-23H,16-18H2,(H,28,30)/t22-,23+/m1/s1. The van der Waals surface area contributed by atoms with Crippen LogP contribution in [0.2, 0.25) is 0 Å². The van der Waals surface area contributed by atoms with Crippen molar-refractivity contribution in [3.05, 3.63) is 102 Å². The molecular formula is C26H24N2O3S2. The Morgan fingerprint density at radius 2 is 1.55 bits per heavy atom. The van der Waals surface area contributed by atoms with Crippen LogP contribution in [-0.4, -0.2) is 34.1 Å². The first-order valence-corrected chi connectivity index (χ1v) is 12.5. The van der Waals surface area contributed by atoms with Crippen LogP contribution in [0.3, 0.4) is 0 Å². The Morgan fingerprint density at radius 1 is 0.939 bits per heavy atom. The highest BCUT2D eigenvalue weighted by Crippen LogP contribution is 2.28. The third-order valence-electron chi connectivity index (χ3n) is 4.99. The highest BCUT2D eigenvalue weighted by Gasteiger charge is 2.31. The molecule has 0 fully saturated rings. The molecule has 0 aliphatic carbocycles. The number of carbonyl (C=O) groups excluding carboxylic acids is 2. The van der Waals surface area contributed by atoms with Gasteiger partial charge >= 0.3 is 6.09 Å². The maximum Gasteiger partial charge on any atom is 0.408 e. The Balaban J connectivity index is 1.43. The number of nitrogens with one attached hydrogen (secondary N) is 1. The van der Waals surface area contributed by atoms with Gasteiger partial charge in [0, 0.05) is 10.6 Å². The van der Waals surface area contributed by atoms with Gasteiger partial charge in [0.2, 0.25) is 5.12 Å². The van der Waals surface area contributed by atoms with Crippen molar-refractivity contribution in [3.63, 3.8) is 0 Å². The van der Waals surface area contributed by atoms with Gasteiger partial charge < -0.3 is 10.1 Å². The summed E-state index contributed by atoms with van der Waals surface area (Å²) in [6, 6.07) is 28.2. The number of hydrogen-bond donors (Lipinski definition) is 1. The van der Waals surface area contributed by atoms with Gasteiger partial charge in [-0.15, -0.1) is 11.8 Å². The van der Waals surface area contributed by atoms with Crippen LogP contribution in [0.15, 0.2) is 101 Å². The van der Waals surface area contributed by atoms with Gasteiger partial charge in [-0.05, 0) is 41.4 Å². The Labute approximate surface area is 202 Å². The second-order valence-corrected chi connectivity index (χ2v) is 9.59. The van der Waals surface area contributed by atoms with Gasteiger partial charge in [0.15, 0.2) is 0 Å². The van der Waals surface area contributed by atoms with E-state index in [9.17, 15) is 9.59 Å². The van der Waals surface area contributed by atoms with Crippen LogP contribution < -0.4 is 5.32 Å². The van der Waals surface area contributed by atoms with Crippen molar-refractivity contribution in [1.82, 2.24) is 5.32 Å². The summed E-state index contributed by atoms with van der Waals surface area (Å²) in [7, 11) is 0. The Bertz CT molecular complexity index is 1090. The number of rotatable bonds is 8. The lowest BCUT2D eigenvalue weighted by Gasteiger charge is -2.18. The molecule has 2 atom stereocenters. The van der Waals surface area contributed by atoms with Crippen molar-refractivity contribution in [2.75, 3.05) is 5.75 Å². The molecule has 168 valence electrons. The summed E-state index contributed by atoms with van der Waals surface area (Å²) in [4.78, 5) is 30.9. The molecule has 1 aliphatic heterocycles. The minimum Gasteiger partial charge on any atom is -0.445 e. The van der Waals surface area contributed by atoms with Crippen LogP contribution in [-0.2, 0) is 22.6 Å². The molecule has 7 heteroatoms. The monoisotopic (exact) mass is 476 g/mol. The van der Waals surface area contributed by atoms with Gasteiger partial charge in [0.1, 0.15) is 12.6 Å². The van der Waals surface area contributed by atoms with E-state index in [1.807, 2.05) is 91.0 Å². The van der Waals surface area contributed by atoms with Crippen molar-refractivity contribution in [2.45, 2.75) is 30.0 Å². The normalized spacial score (nSPS) is 16.0. The number of carbonyl (C=O) groups is 2. The third-order valence-corrected chi connectivity index (χ3v) is 7.14. The van der Waals surface area contributed by atoms with Crippen molar-refractivity contribution in [3.8, 4) is 0 Å². The van der Waals surface area contributed by atoms with Gasteiger partial charge in [0.05, 0.1) is 11.1 Å². The van der Waals surface area contributed by atoms with Crippen molar-refractivity contribution in [2.24, 2.45) is 4.99 Å². The van der Waals surface area contributed by atoms with Gasteiger partial charge in [0.25, 0.3) is 0 Å². The fourth-order valence-electron chi connectivity index (χ4n) is 3.33. The van der Waals surface area contributed by atoms with Crippen molar-refractivity contribution < 1.29 is 14.3 Å². The lowest BCUT2D eigenvalue weighted by molar-refractivity contribution is -0.111. The minimum atomic E-state index is -0.503. The molecule has 0 bridgehead atoms. The van der Waals surface area contributed by atoms with E-state index < -0.39 is 12.1 Å². The molecule has 3 aromatic rings. The van der Waals surface area contributed by atoms with Crippen molar-refractivity contribution in [1.29, 1.82) is 0 Å². The van der Waals surface area contributed by atoms with E-state index in [2.05, 4.69) is 5.32 Å². The van der Waals surface area contributed by atoms with E-state index in [0.29, 0.717) is 12.2 Å². The molecule has 1 heterocycles. The summed E-state index contributed by atoms with van der Waals surface area (Å²) in [6.07, 6.45) is 0.0661. The topological polar surface area (TPSA) is 67.8 Å². The van der Waals surface area contributed by atoms with Gasteiger partial charge in [-0.3, -0.25) is 9.79 Å². The summed E-state index contributed by atoms with van der Waals surface area (Å²) in [5.41, 5.74) is 1.99. The molecule has 5 nitrogen and oxygen atoms in total. The second kappa shape index (κ2) is 11.7. The first kappa shape index (κ1) is 23.1. The van der Waals surface area contributed by atoms with Crippen molar-refractivity contribution >= 4 is 39.8 Å². The summed E-state index contributed by atoms with van der Waals surface area (Å²) in [5.74, 6) is 0.569. The summed E-state index contributed by atoms with van der Waals surface area (Å²) in [5, 5.41) is 3.72. The minimum absolute atomic E-state index is 0.00816. The lowest BCUT2D eigenvalue weighted by Crippen LogP contribution is -2.41. The van der Waals surface area contributed by atoms with Gasteiger partial charge in [-0.1, -0.05) is 78.9 Å². The predicted octanol–water partition coefficient (Wildman–Crippen LogP) is 5.36. The molecule has 1 amide bonds. The fraction of sp³-hybridized carbons (Fsp3) is 0.192. The molecule has 4 rings (SSSR count). The van der Waals surface area contributed by atoms with Crippen LogP contribution in [0, 0.1) is 0 Å². The maximum atomic E-state index is 12.8. The summed E-state index contributed by atoms with van der Waals surface area (Å²) < 4.78 is 5.42. The molecule has 0 saturated heterocycles. The van der Waals surface area contributed by atoms with Crippen LogP contribution in [0.1, 0.15) is 11.1 Å². The molecular weight excluding hydrogens is 452 g/mol. The molecule has 0 radical (unpaired) electrons. The molecule has 0 saturated carbocycles. The fourth-order valence-corrected chi connectivity index (χ4v) is 5.34. The van der Waals surface area contributed by atoms with E-state index in [0.717, 1.165) is 21.1 Å². The number of benzene rings is 3. The molecule has 0 unspecified atom stereocenters. The molecule has 0 aromatic heterocycles. The third kappa shape index (κ3) is 6.97. The SMILES string of the molecule is O=C(N[C@H](Cc1ccccc1)C1=N[C@H](C(=O)Sc2ccccc2)CS1)OCc1ccccc1. The number of amides is 1. The first-order chi connectivity index (χ1) is 16.2. The number of ether oxygens (including phenoxy) is 1. The molecule has 33 heavy (non-hydrogen) atoms. The summed E-state index contributed by atoms with van der Waals surface area (Å²) >= 11 is 2.73. The van der Waals surface area contributed by atoms with E-state index in [4.69, 9.17) is 9.73 Å². The zero-order valence-corrected chi connectivity index (χ0v) is 19.6. The molecule has 1 aliphatic rings. The Hall–Kier alpha value is -3.03. The van der Waals surface area contributed by atoms with E-state index >= 15 is 0 Å². The second-order valence-electron chi connectivity index (χ2n) is 7.48. The van der Waals surface area contributed by atoms with E-state index in [1.165, 1.54) is 23.5 Å². The number of thioether (sulfide) groups is 2. The zero-order valence-electron chi connectivity index (χ0n) is 17.9. The molecule has 0 spiro atoms. The van der Waals surface area contributed by atoms with Crippen LogP contribution >= 0.6 is 23.5 Å². The number of hydrogen-bond acceptors (Lipinski definition) is 6. The largest absolute Gasteiger partial charge is 0.445 e. The van der Waals surface area contributed by atoms with E-state index in [-0.39, 0.29) is 17.8 Å². The predicted molar refractivity (Wildman–Crippen MR) is 135 cm³/mol. The quantitative estimate of drug-likeness (QED) is 0.444. The van der Waals surface area contributed by atoms with Gasteiger partial charge in [-0.25, -0.2) is 4.79 Å². The first-order valence-electron chi connectivity index (χ1n) is 10.7. The van der Waals surface area contributed by atoms with E-state index in [1.54, 1.807) is 0 Å². The number of alkyl carbamates (subject to hydrolysis) is 1. The number of aliphatic imine (C=N–C) groups is 1. The average molecular weight is 477 g/mol. The van der Waals surface area contributed by atoms with Crippen LogP contribution in [0.4, 0.5) is 4.79 Å². The molecule has 1 N–H and O–H groups in total. The number of nitrogens with zero attached hydrogens (tertiary/aromatic N) is 1.